The van der Waals surface area contributed by atoms with Crippen molar-refractivity contribution in [2.24, 2.45) is 0 Å². The summed E-state index contributed by atoms with van der Waals surface area (Å²) < 4.78 is 0. The number of fused-ring (bicyclic) bond motifs is 1. The number of anilines is 2. The van der Waals surface area contributed by atoms with Gasteiger partial charge in [-0.1, -0.05) is 0 Å². The van der Waals surface area contributed by atoms with Crippen molar-refractivity contribution in [3.05, 3.63) is 23.8 Å². The van der Waals surface area contributed by atoms with Gasteiger partial charge in [-0.15, -0.1) is 0 Å². The first-order valence-electron chi connectivity index (χ1n) is 5.98. The van der Waals surface area contributed by atoms with E-state index in [9.17, 15) is 5.11 Å². The summed E-state index contributed by atoms with van der Waals surface area (Å²) in [6, 6.07) is 6.13. The molecule has 1 atom stereocenters. The molecule has 1 heterocycles. The number of benzene rings is 1. The van der Waals surface area contributed by atoms with Crippen LogP contribution in [-0.4, -0.2) is 24.3 Å². The van der Waals surface area contributed by atoms with Gasteiger partial charge in [-0.2, -0.15) is 0 Å². The number of nitrogen functional groups attached to an aromatic ring is 1. The molecule has 16 heavy (non-hydrogen) atoms. The molecule has 1 aromatic rings. The highest BCUT2D eigenvalue weighted by Gasteiger charge is 2.16. The molecule has 0 spiro atoms. The first kappa shape index (κ1) is 11.3. The number of aliphatic hydroxyl groups excluding tert-OH is 1. The minimum atomic E-state index is -0.223. The number of hydrogen-bond acceptors (Lipinski definition) is 3. The van der Waals surface area contributed by atoms with Crippen molar-refractivity contribution >= 4 is 11.4 Å². The fourth-order valence-electron chi connectivity index (χ4n) is 2.27. The van der Waals surface area contributed by atoms with Crippen LogP contribution < -0.4 is 10.6 Å². The van der Waals surface area contributed by atoms with E-state index in [1.165, 1.54) is 17.7 Å². The Kier molecular flexibility index (Phi) is 3.34. The molecule has 1 aliphatic rings. The van der Waals surface area contributed by atoms with Crippen LogP contribution in [0.5, 0.6) is 0 Å². The monoisotopic (exact) mass is 220 g/mol. The van der Waals surface area contributed by atoms with Crippen LogP contribution >= 0.6 is 0 Å². The van der Waals surface area contributed by atoms with E-state index in [2.05, 4.69) is 17.0 Å². The van der Waals surface area contributed by atoms with Crippen LogP contribution in [-0.2, 0) is 6.42 Å². The van der Waals surface area contributed by atoms with Gasteiger partial charge in [0, 0.05) is 24.5 Å². The largest absolute Gasteiger partial charge is 0.399 e. The van der Waals surface area contributed by atoms with Crippen molar-refractivity contribution in [1.29, 1.82) is 0 Å². The number of nitrogens with two attached hydrogens (primary N) is 1. The maximum atomic E-state index is 9.33. The van der Waals surface area contributed by atoms with Crippen LogP contribution in [0, 0.1) is 0 Å². The maximum Gasteiger partial charge on any atom is 0.0528 e. The molecule has 3 N–H and O–H groups in total. The number of nitrogens with zero attached hydrogens (tertiary/aromatic N) is 1. The minimum Gasteiger partial charge on any atom is -0.399 e. The van der Waals surface area contributed by atoms with Crippen LogP contribution in [0.25, 0.3) is 0 Å². The fourth-order valence-corrected chi connectivity index (χ4v) is 2.27. The van der Waals surface area contributed by atoms with Crippen molar-refractivity contribution in [2.75, 3.05) is 23.7 Å². The summed E-state index contributed by atoms with van der Waals surface area (Å²) in [5.74, 6) is 0. The third-order valence-corrected chi connectivity index (χ3v) is 3.14. The summed E-state index contributed by atoms with van der Waals surface area (Å²) in [6.07, 6.45) is 2.89. The molecular weight excluding hydrogens is 200 g/mol. The molecule has 1 aliphatic heterocycles. The molecule has 0 aliphatic carbocycles. The van der Waals surface area contributed by atoms with E-state index in [1.54, 1.807) is 0 Å². The average molecular weight is 220 g/mol. The lowest BCUT2D eigenvalue weighted by molar-refractivity contribution is 0.186. The van der Waals surface area contributed by atoms with E-state index >= 15 is 0 Å². The molecule has 88 valence electrons. The number of aliphatic hydroxyl groups is 1. The Bertz CT molecular complexity index is 363. The number of aryl methyl sites for hydroxylation is 1. The standard InChI is InChI=1S/C13H20N2O/c1-10(16)6-8-15-7-2-3-11-9-12(14)4-5-13(11)15/h4-5,9-10,16H,2-3,6-8,14H2,1H3. The molecule has 0 fully saturated rings. The predicted molar refractivity (Wildman–Crippen MR) is 67.7 cm³/mol. The van der Waals surface area contributed by atoms with Gasteiger partial charge in [-0.05, 0) is 49.9 Å². The first-order chi connectivity index (χ1) is 7.66. The first-order valence-corrected chi connectivity index (χ1v) is 5.98. The van der Waals surface area contributed by atoms with E-state index in [1.807, 2.05) is 13.0 Å². The van der Waals surface area contributed by atoms with Gasteiger partial charge in [0.15, 0.2) is 0 Å². The van der Waals surface area contributed by atoms with Gasteiger partial charge in [0.1, 0.15) is 0 Å². The molecule has 0 saturated heterocycles. The molecule has 3 nitrogen and oxygen atoms in total. The molecule has 3 heteroatoms. The molecule has 1 aromatic carbocycles. The van der Waals surface area contributed by atoms with Crippen molar-refractivity contribution in [1.82, 2.24) is 0 Å². The van der Waals surface area contributed by atoms with E-state index < -0.39 is 0 Å². The van der Waals surface area contributed by atoms with Crippen LogP contribution in [0.3, 0.4) is 0 Å². The van der Waals surface area contributed by atoms with Gasteiger partial charge in [-0.3, -0.25) is 0 Å². The normalized spacial score (nSPS) is 17.0. The predicted octanol–water partition coefficient (Wildman–Crippen LogP) is 1.79. The zero-order valence-electron chi connectivity index (χ0n) is 9.82. The lowest BCUT2D eigenvalue weighted by Gasteiger charge is -2.31. The van der Waals surface area contributed by atoms with Crippen LogP contribution in [0.4, 0.5) is 11.4 Å². The van der Waals surface area contributed by atoms with Crippen molar-refractivity contribution in [3.8, 4) is 0 Å². The smallest absolute Gasteiger partial charge is 0.0528 e. The molecule has 0 saturated carbocycles. The highest BCUT2D eigenvalue weighted by atomic mass is 16.3. The van der Waals surface area contributed by atoms with E-state index in [0.717, 1.165) is 31.6 Å². The van der Waals surface area contributed by atoms with Crippen molar-refractivity contribution in [3.63, 3.8) is 0 Å². The number of hydrogen-bond donors (Lipinski definition) is 2. The summed E-state index contributed by atoms with van der Waals surface area (Å²) in [5.41, 5.74) is 9.27. The van der Waals surface area contributed by atoms with Crippen LogP contribution in [0.1, 0.15) is 25.3 Å². The van der Waals surface area contributed by atoms with Gasteiger partial charge < -0.3 is 15.7 Å². The van der Waals surface area contributed by atoms with Gasteiger partial charge in [0.25, 0.3) is 0 Å². The van der Waals surface area contributed by atoms with Crippen molar-refractivity contribution < 1.29 is 5.11 Å². The van der Waals surface area contributed by atoms with Gasteiger partial charge in [-0.25, -0.2) is 0 Å². The highest BCUT2D eigenvalue weighted by Crippen LogP contribution is 2.28. The summed E-state index contributed by atoms with van der Waals surface area (Å²) >= 11 is 0. The Morgan fingerprint density at radius 2 is 2.31 bits per heavy atom. The second-order valence-corrected chi connectivity index (χ2v) is 4.62. The maximum absolute atomic E-state index is 9.33. The lowest BCUT2D eigenvalue weighted by atomic mass is 10.0. The zero-order chi connectivity index (χ0) is 11.5. The van der Waals surface area contributed by atoms with E-state index in [0.29, 0.717) is 0 Å². The highest BCUT2D eigenvalue weighted by molar-refractivity contribution is 5.61. The SMILES string of the molecule is CC(O)CCN1CCCc2cc(N)ccc21. The Morgan fingerprint density at radius 3 is 3.06 bits per heavy atom. The molecule has 0 aromatic heterocycles. The molecule has 1 unspecified atom stereocenters. The second kappa shape index (κ2) is 4.74. The molecule has 0 amide bonds. The lowest BCUT2D eigenvalue weighted by Crippen LogP contribution is -2.31. The van der Waals surface area contributed by atoms with Gasteiger partial charge in [0.2, 0.25) is 0 Å². The molecule has 0 radical (unpaired) electrons. The second-order valence-electron chi connectivity index (χ2n) is 4.62. The van der Waals surface area contributed by atoms with Crippen LogP contribution in [0.2, 0.25) is 0 Å². The zero-order valence-corrected chi connectivity index (χ0v) is 9.82. The van der Waals surface area contributed by atoms with Gasteiger partial charge >= 0.3 is 0 Å². The minimum absolute atomic E-state index is 0.223. The quantitative estimate of drug-likeness (QED) is 0.764. The molecule has 0 bridgehead atoms. The Hall–Kier alpha value is -1.22. The Morgan fingerprint density at radius 1 is 1.50 bits per heavy atom. The summed E-state index contributed by atoms with van der Waals surface area (Å²) in [5, 5.41) is 9.33. The topological polar surface area (TPSA) is 49.5 Å². The molecular formula is C13H20N2O. The van der Waals surface area contributed by atoms with E-state index in [-0.39, 0.29) is 6.10 Å². The van der Waals surface area contributed by atoms with Gasteiger partial charge in [0.05, 0.1) is 6.10 Å². The van der Waals surface area contributed by atoms with E-state index in [4.69, 9.17) is 5.73 Å². The number of rotatable bonds is 3. The Balaban J connectivity index is 2.13. The van der Waals surface area contributed by atoms with Crippen LogP contribution in [0.15, 0.2) is 18.2 Å². The third kappa shape index (κ3) is 2.47. The average Bonchev–Trinajstić information content (AvgIpc) is 2.25. The third-order valence-electron chi connectivity index (χ3n) is 3.14. The fraction of sp³-hybridized carbons (Fsp3) is 0.538. The summed E-state index contributed by atoms with van der Waals surface area (Å²) in [4.78, 5) is 2.35. The Labute approximate surface area is 96.9 Å². The summed E-state index contributed by atoms with van der Waals surface area (Å²) in [6.45, 7) is 3.85. The molecule has 2 rings (SSSR count). The van der Waals surface area contributed by atoms with Crippen molar-refractivity contribution in [2.45, 2.75) is 32.3 Å². The summed E-state index contributed by atoms with van der Waals surface area (Å²) in [7, 11) is 0.